The Hall–Kier alpha value is -2.39. The third-order valence-corrected chi connectivity index (χ3v) is 3.98. The molecule has 0 saturated heterocycles. The summed E-state index contributed by atoms with van der Waals surface area (Å²) in [5.41, 5.74) is 2.15. The lowest BCUT2D eigenvalue weighted by molar-refractivity contribution is 1.23. The van der Waals surface area contributed by atoms with E-state index < -0.39 is 0 Å². The minimum Gasteiger partial charge on any atom is -0.268 e. The highest BCUT2D eigenvalue weighted by molar-refractivity contribution is 7.10. The highest BCUT2D eigenvalue weighted by atomic mass is 32.1. The van der Waals surface area contributed by atoms with Gasteiger partial charge in [0, 0.05) is 12.3 Å². The molecule has 20 heavy (non-hydrogen) atoms. The molecule has 0 bridgehead atoms. The van der Waals surface area contributed by atoms with E-state index in [0.29, 0.717) is 0 Å². The molecular weight excluding hydrogens is 266 g/mol. The van der Waals surface area contributed by atoms with Crippen LogP contribution in [0.3, 0.4) is 0 Å². The van der Waals surface area contributed by atoms with E-state index in [1.54, 1.807) is 10.0 Å². The maximum absolute atomic E-state index is 12.0. The van der Waals surface area contributed by atoms with Crippen LogP contribution in [0.15, 0.2) is 71.5 Å². The smallest absolute Gasteiger partial charge is 0.265 e. The Morgan fingerprint density at radius 2 is 1.55 bits per heavy atom. The van der Waals surface area contributed by atoms with Crippen LogP contribution in [0.2, 0.25) is 0 Å². The Balaban J connectivity index is 1.91. The molecule has 0 unspecified atom stereocenters. The van der Waals surface area contributed by atoms with E-state index in [1.807, 2.05) is 72.9 Å². The van der Waals surface area contributed by atoms with E-state index in [9.17, 15) is 4.79 Å². The Bertz CT molecular complexity index is 770. The van der Waals surface area contributed by atoms with Gasteiger partial charge in [-0.3, -0.25) is 4.79 Å². The molecule has 3 heteroatoms. The third-order valence-electron chi connectivity index (χ3n) is 2.93. The number of nitrogens with zero attached hydrogens (tertiary/aromatic N) is 1. The largest absolute Gasteiger partial charge is 0.268 e. The maximum atomic E-state index is 12.0. The van der Waals surface area contributed by atoms with Gasteiger partial charge in [-0.1, -0.05) is 72.2 Å². The van der Waals surface area contributed by atoms with Crippen LogP contribution in [0.1, 0.15) is 5.56 Å². The van der Waals surface area contributed by atoms with Gasteiger partial charge >= 0.3 is 0 Å². The Kier molecular flexibility index (Phi) is 3.61. The van der Waals surface area contributed by atoms with E-state index in [1.165, 1.54) is 11.5 Å². The van der Waals surface area contributed by atoms with Gasteiger partial charge < -0.3 is 0 Å². The van der Waals surface area contributed by atoms with E-state index in [0.717, 1.165) is 16.0 Å². The molecule has 0 aliphatic carbocycles. The molecule has 98 valence electrons. The van der Waals surface area contributed by atoms with Gasteiger partial charge in [0.25, 0.3) is 5.56 Å². The molecule has 1 aromatic heterocycles. The molecule has 0 saturated carbocycles. The first kappa shape index (κ1) is 12.6. The second-order valence-electron chi connectivity index (χ2n) is 4.36. The average molecular weight is 279 g/mol. The van der Waals surface area contributed by atoms with Crippen molar-refractivity contribution in [3.8, 4) is 10.4 Å². The number of hydrogen-bond donors (Lipinski definition) is 0. The van der Waals surface area contributed by atoms with Crippen LogP contribution in [0.4, 0.5) is 0 Å². The van der Waals surface area contributed by atoms with Crippen molar-refractivity contribution in [3.05, 3.63) is 82.6 Å². The van der Waals surface area contributed by atoms with Gasteiger partial charge in [-0.15, -0.1) is 0 Å². The monoisotopic (exact) mass is 279 g/mol. The van der Waals surface area contributed by atoms with Crippen molar-refractivity contribution in [2.75, 3.05) is 0 Å². The molecule has 0 atom stereocenters. The summed E-state index contributed by atoms with van der Waals surface area (Å²) in [5.74, 6) is 0. The molecule has 0 spiro atoms. The van der Waals surface area contributed by atoms with Crippen molar-refractivity contribution in [1.29, 1.82) is 0 Å². The van der Waals surface area contributed by atoms with Crippen LogP contribution < -0.4 is 5.56 Å². The highest BCUT2D eigenvalue weighted by Crippen LogP contribution is 2.22. The number of rotatable bonds is 3. The average Bonchev–Trinajstić information content (AvgIpc) is 2.88. The van der Waals surface area contributed by atoms with Gasteiger partial charge in [-0.25, -0.2) is 3.96 Å². The molecule has 1 heterocycles. The molecule has 0 radical (unpaired) electrons. The summed E-state index contributed by atoms with van der Waals surface area (Å²) in [4.78, 5) is 12.9. The van der Waals surface area contributed by atoms with Gasteiger partial charge in [-0.05, 0) is 17.2 Å². The number of hydrogen-bond acceptors (Lipinski definition) is 2. The zero-order valence-electron chi connectivity index (χ0n) is 10.8. The quantitative estimate of drug-likeness (QED) is 0.704. The summed E-state index contributed by atoms with van der Waals surface area (Å²) in [6, 6.07) is 21.6. The van der Waals surface area contributed by atoms with Crippen LogP contribution >= 0.6 is 11.5 Å². The Morgan fingerprint density at radius 1 is 0.900 bits per heavy atom. The number of benzene rings is 2. The first-order chi connectivity index (χ1) is 9.83. The van der Waals surface area contributed by atoms with Crippen LogP contribution in [0.25, 0.3) is 22.7 Å². The Morgan fingerprint density at radius 3 is 2.25 bits per heavy atom. The fourth-order valence-corrected chi connectivity index (χ4v) is 2.78. The molecular formula is C17H13NOS. The predicted molar refractivity (Wildman–Crippen MR) is 85.7 cm³/mol. The molecule has 3 rings (SSSR count). The SMILES string of the molecule is O=c1cc(-c2ccccc2)sn1/C=C\c1ccccc1. The van der Waals surface area contributed by atoms with Crippen molar-refractivity contribution in [2.45, 2.75) is 0 Å². The molecule has 0 amide bonds. The van der Waals surface area contributed by atoms with Gasteiger partial charge in [0.15, 0.2) is 0 Å². The summed E-state index contributed by atoms with van der Waals surface area (Å²) in [7, 11) is 0. The van der Waals surface area contributed by atoms with Crippen molar-refractivity contribution in [2.24, 2.45) is 0 Å². The van der Waals surface area contributed by atoms with Gasteiger partial charge in [0.1, 0.15) is 0 Å². The minimum atomic E-state index is 0.000958. The van der Waals surface area contributed by atoms with Crippen LogP contribution in [0.5, 0.6) is 0 Å². The van der Waals surface area contributed by atoms with Crippen LogP contribution in [-0.2, 0) is 0 Å². The van der Waals surface area contributed by atoms with E-state index in [-0.39, 0.29) is 5.56 Å². The van der Waals surface area contributed by atoms with Crippen molar-refractivity contribution in [3.63, 3.8) is 0 Å². The van der Waals surface area contributed by atoms with Gasteiger partial charge in [0.2, 0.25) is 0 Å². The summed E-state index contributed by atoms with van der Waals surface area (Å²) in [6.45, 7) is 0. The summed E-state index contributed by atoms with van der Waals surface area (Å²) in [5, 5.41) is 0. The standard InChI is InChI=1S/C17H13NOS/c19-17-13-16(15-9-5-2-6-10-15)20-18(17)12-11-14-7-3-1-4-8-14/h1-13H/b12-11-. The lowest BCUT2D eigenvalue weighted by Crippen LogP contribution is -2.04. The molecule has 0 aliphatic heterocycles. The molecule has 2 nitrogen and oxygen atoms in total. The van der Waals surface area contributed by atoms with Gasteiger partial charge in [0.05, 0.1) is 4.88 Å². The third kappa shape index (κ3) is 2.78. The zero-order valence-corrected chi connectivity index (χ0v) is 11.6. The van der Waals surface area contributed by atoms with E-state index in [4.69, 9.17) is 0 Å². The predicted octanol–water partition coefficient (Wildman–Crippen LogP) is 4.20. The summed E-state index contributed by atoms with van der Waals surface area (Å²) >= 11 is 1.45. The topological polar surface area (TPSA) is 22.0 Å². The lowest BCUT2D eigenvalue weighted by atomic mass is 10.2. The summed E-state index contributed by atoms with van der Waals surface area (Å²) < 4.78 is 1.65. The van der Waals surface area contributed by atoms with Crippen molar-refractivity contribution >= 4 is 23.8 Å². The minimum absolute atomic E-state index is 0.000958. The second-order valence-corrected chi connectivity index (χ2v) is 5.37. The lowest BCUT2D eigenvalue weighted by Gasteiger charge is -1.94. The van der Waals surface area contributed by atoms with Crippen molar-refractivity contribution in [1.82, 2.24) is 3.96 Å². The number of aromatic nitrogens is 1. The molecule has 0 fully saturated rings. The molecule has 3 aromatic rings. The van der Waals surface area contributed by atoms with E-state index in [2.05, 4.69) is 0 Å². The second kappa shape index (κ2) is 5.72. The maximum Gasteiger partial charge on any atom is 0.265 e. The fraction of sp³-hybridized carbons (Fsp3) is 0. The van der Waals surface area contributed by atoms with Crippen LogP contribution in [0, 0.1) is 0 Å². The normalized spacial score (nSPS) is 11.0. The fourth-order valence-electron chi connectivity index (χ4n) is 1.91. The van der Waals surface area contributed by atoms with Crippen molar-refractivity contribution < 1.29 is 0 Å². The molecule has 0 N–H and O–H groups in total. The first-order valence-corrected chi connectivity index (χ1v) is 7.12. The molecule has 2 aromatic carbocycles. The highest BCUT2D eigenvalue weighted by Gasteiger charge is 2.03. The Labute approximate surface area is 121 Å². The first-order valence-electron chi connectivity index (χ1n) is 6.34. The zero-order chi connectivity index (χ0) is 13.8. The van der Waals surface area contributed by atoms with Gasteiger partial charge in [-0.2, -0.15) is 0 Å². The van der Waals surface area contributed by atoms with E-state index >= 15 is 0 Å². The molecule has 0 aliphatic rings. The summed E-state index contributed by atoms with van der Waals surface area (Å²) in [6.07, 6.45) is 3.75. The van der Waals surface area contributed by atoms with Crippen LogP contribution in [-0.4, -0.2) is 3.96 Å².